The second kappa shape index (κ2) is 14.7. The average molecular weight is 555 g/mol. The molecular formula is C31H42N2O7. The summed E-state index contributed by atoms with van der Waals surface area (Å²) in [6.45, 7) is 9.33. The van der Waals surface area contributed by atoms with Crippen LogP contribution in [-0.4, -0.2) is 63.1 Å². The fraction of sp³-hybridized carbons (Fsp3) is 0.516. The van der Waals surface area contributed by atoms with Crippen molar-refractivity contribution in [2.75, 3.05) is 32.9 Å². The van der Waals surface area contributed by atoms with Crippen molar-refractivity contribution in [3.63, 3.8) is 0 Å². The van der Waals surface area contributed by atoms with Crippen LogP contribution in [0.25, 0.3) is 0 Å². The number of ether oxygens (including phenoxy) is 4. The third-order valence-corrected chi connectivity index (χ3v) is 6.71. The Labute approximate surface area is 236 Å². The van der Waals surface area contributed by atoms with E-state index in [9.17, 15) is 14.4 Å². The van der Waals surface area contributed by atoms with E-state index in [2.05, 4.69) is 31.4 Å². The Bertz CT molecular complexity index is 1090. The molecule has 1 aliphatic carbocycles. The molecule has 2 aromatic rings. The minimum Gasteiger partial charge on any atom is -0.490 e. The molecule has 3 unspecified atom stereocenters. The normalized spacial score (nSPS) is 20.6. The van der Waals surface area contributed by atoms with Crippen LogP contribution in [0.1, 0.15) is 57.3 Å². The Morgan fingerprint density at radius 3 is 2.30 bits per heavy atom. The van der Waals surface area contributed by atoms with Gasteiger partial charge in [-0.05, 0) is 61.3 Å². The minimum atomic E-state index is -0.596. The Balaban J connectivity index is 1.37. The van der Waals surface area contributed by atoms with Crippen LogP contribution >= 0.6 is 0 Å². The maximum atomic E-state index is 12.6. The van der Waals surface area contributed by atoms with Crippen molar-refractivity contribution < 1.29 is 33.3 Å². The summed E-state index contributed by atoms with van der Waals surface area (Å²) in [4.78, 5) is 36.9. The van der Waals surface area contributed by atoms with Gasteiger partial charge >= 0.3 is 18.0 Å². The van der Waals surface area contributed by atoms with Crippen LogP contribution in [-0.2, 0) is 19.0 Å². The molecule has 3 atom stereocenters. The zero-order chi connectivity index (χ0) is 29.0. The van der Waals surface area contributed by atoms with Gasteiger partial charge in [0.25, 0.3) is 0 Å². The lowest BCUT2D eigenvalue weighted by atomic mass is 9.62. The summed E-state index contributed by atoms with van der Waals surface area (Å²) in [5, 5.41) is 6.22. The summed E-state index contributed by atoms with van der Waals surface area (Å²) in [7, 11) is 0. The Morgan fingerprint density at radius 2 is 1.60 bits per heavy atom. The first-order valence-electron chi connectivity index (χ1n) is 13.8. The molecule has 218 valence electrons. The molecule has 0 spiro atoms. The standard InChI is InChI=1S/C31H42N2O7/c1-23(20-39-28(35)24-11-7-5-8-12-24)40-29(36)33-25-17-30(2,3)21-31(4,18-25)22-32-19-27(34)38-16-15-37-26-13-9-6-10-14-26/h5-14,23,25,32H,15-22H2,1-4H3,(H,33,36). The molecule has 2 aromatic carbocycles. The smallest absolute Gasteiger partial charge is 0.407 e. The van der Waals surface area contributed by atoms with Crippen molar-refractivity contribution in [2.45, 2.75) is 59.1 Å². The summed E-state index contributed by atoms with van der Waals surface area (Å²) in [5.41, 5.74) is 0.285. The van der Waals surface area contributed by atoms with E-state index < -0.39 is 18.2 Å². The summed E-state index contributed by atoms with van der Waals surface area (Å²) < 4.78 is 21.5. The van der Waals surface area contributed by atoms with Gasteiger partial charge in [0, 0.05) is 12.6 Å². The third-order valence-electron chi connectivity index (χ3n) is 6.71. The van der Waals surface area contributed by atoms with Crippen LogP contribution in [0.4, 0.5) is 4.79 Å². The summed E-state index contributed by atoms with van der Waals surface area (Å²) in [5.74, 6) is -0.0637. The number of hydrogen-bond donors (Lipinski definition) is 2. The number of carbonyl (C=O) groups is 3. The molecule has 2 N–H and O–H groups in total. The van der Waals surface area contributed by atoms with Gasteiger partial charge in [0.1, 0.15) is 31.7 Å². The third kappa shape index (κ3) is 10.9. The summed E-state index contributed by atoms with van der Waals surface area (Å²) >= 11 is 0. The van der Waals surface area contributed by atoms with E-state index in [4.69, 9.17) is 18.9 Å². The molecule has 1 fully saturated rings. The van der Waals surface area contributed by atoms with Gasteiger partial charge in [0.15, 0.2) is 0 Å². The molecule has 1 saturated carbocycles. The van der Waals surface area contributed by atoms with Gasteiger partial charge in [-0.3, -0.25) is 4.79 Å². The average Bonchev–Trinajstić information content (AvgIpc) is 2.89. The first kappa shape index (κ1) is 30.9. The molecular weight excluding hydrogens is 512 g/mol. The van der Waals surface area contributed by atoms with Crippen LogP contribution in [0, 0.1) is 10.8 Å². The van der Waals surface area contributed by atoms with E-state index in [0.29, 0.717) is 18.7 Å². The lowest BCUT2D eigenvalue weighted by Gasteiger charge is -2.46. The molecule has 9 heteroatoms. The second-order valence-electron chi connectivity index (χ2n) is 11.6. The van der Waals surface area contributed by atoms with Crippen molar-refractivity contribution in [1.82, 2.24) is 10.6 Å². The molecule has 40 heavy (non-hydrogen) atoms. The van der Waals surface area contributed by atoms with Gasteiger partial charge in [-0.2, -0.15) is 0 Å². The number of alkyl carbamates (subject to hydrolysis) is 1. The zero-order valence-electron chi connectivity index (χ0n) is 23.9. The molecule has 0 saturated heterocycles. The Kier molecular flexibility index (Phi) is 11.4. The van der Waals surface area contributed by atoms with Gasteiger partial charge in [-0.1, -0.05) is 57.2 Å². The highest BCUT2D eigenvalue weighted by atomic mass is 16.6. The summed E-state index contributed by atoms with van der Waals surface area (Å²) in [6, 6.07) is 18.0. The van der Waals surface area contributed by atoms with Crippen molar-refractivity contribution in [3.05, 3.63) is 66.2 Å². The molecule has 9 nitrogen and oxygen atoms in total. The SMILES string of the molecule is CC(COC(=O)c1ccccc1)OC(=O)NC1CC(C)(C)CC(C)(CNCC(=O)OCCOc2ccccc2)C1. The van der Waals surface area contributed by atoms with E-state index >= 15 is 0 Å². The maximum Gasteiger partial charge on any atom is 0.407 e. The number of hydrogen-bond acceptors (Lipinski definition) is 8. The minimum absolute atomic E-state index is 0.0151. The largest absolute Gasteiger partial charge is 0.490 e. The number of amides is 1. The van der Waals surface area contributed by atoms with Gasteiger partial charge in [-0.25, -0.2) is 9.59 Å². The second-order valence-corrected chi connectivity index (χ2v) is 11.6. The fourth-order valence-corrected chi connectivity index (χ4v) is 5.49. The van der Waals surface area contributed by atoms with Gasteiger partial charge in [0.05, 0.1) is 12.1 Å². The van der Waals surface area contributed by atoms with Gasteiger partial charge < -0.3 is 29.6 Å². The number of benzene rings is 2. The highest BCUT2D eigenvalue weighted by Crippen LogP contribution is 2.45. The molecule has 0 radical (unpaired) electrons. The maximum absolute atomic E-state index is 12.6. The van der Waals surface area contributed by atoms with Crippen LogP contribution in [0.2, 0.25) is 0 Å². The molecule has 1 amide bonds. The highest BCUT2D eigenvalue weighted by Gasteiger charge is 2.41. The number of para-hydroxylation sites is 1. The Hall–Kier alpha value is -3.59. The van der Waals surface area contributed by atoms with E-state index in [1.54, 1.807) is 31.2 Å². The zero-order valence-corrected chi connectivity index (χ0v) is 23.9. The molecule has 0 heterocycles. The van der Waals surface area contributed by atoms with Crippen LogP contribution in [0.5, 0.6) is 5.75 Å². The predicted octanol–water partition coefficient (Wildman–Crippen LogP) is 4.75. The highest BCUT2D eigenvalue weighted by molar-refractivity contribution is 5.89. The summed E-state index contributed by atoms with van der Waals surface area (Å²) in [6.07, 6.45) is 1.34. The first-order valence-corrected chi connectivity index (χ1v) is 13.8. The molecule has 3 rings (SSSR count). The fourth-order valence-electron chi connectivity index (χ4n) is 5.49. The number of esters is 2. The Morgan fingerprint density at radius 1 is 0.925 bits per heavy atom. The lowest BCUT2D eigenvalue weighted by Crippen LogP contribution is -2.50. The van der Waals surface area contributed by atoms with Crippen molar-refractivity contribution in [3.8, 4) is 5.75 Å². The van der Waals surface area contributed by atoms with Crippen molar-refractivity contribution in [1.29, 1.82) is 0 Å². The first-order chi connectivity index (χ1) is 19.0. The van der Waals surface area contributed by atoms with E-state index in [0.717, 1.165) is 25.0 Å². The van der Waals surface area contributed by atoms with Gasteiger partial charge in [0.2, 0.25) is 0 Å². The predicted molar refractivity (Wildman–Crippen MR) is 151 cm³/mol. The molecule has 1 aliphatic rings. The molecule has 0 aromatic heterocycles. The molecule has 0 aliphatic heterocycles. The lowest BCUT2D eigenvalue weighted by molar-refractivity contribution is -0.143. The van der Waals surface area contributed by atoms with Crippen LogP contribution < -0.4 is 15.4 Å². The van der Waals surface area contributed by atoms with Gasteiger partial charge in [-0.15, -0.1) is 0 Å². The van der Waals surface area contributed by atoms with E-state index in [1.807, 2.05) is 36.4 Å². The number of carbonyl (C=O) groups excluding carboxylic acids is 3. The molecule has 0 bridgehead atoms. The number of nitrogens with one attached hydrogen (secondary N) is 2. The quantitative estimate of drug-likeness (QED) is 0.207. The van der Waals surface area contributed by atoms with Crippen LogP contribution in [0.15, 0.2) is 60.7 Å². The van der Waals surface area contributed by atoms with Crippen molar-refractivity contribution in [2.24, 2.45) is 10.8 Å². The topological polar surface area (TPSA) is 112 Å². The van der Waals surface area contributed by atoms with Crippen LogP contribution in [0.3, 0.4) is 0 Å². The van der Waals surface area contributed by atoms with Crippen molar-refractivity contribution >= 4 is 18.0 Å². The number of rotatable bonds is 13. The van der Waals surface area contributed by atoms with E-state index in [1.165, 1.54) is 0 Å². The monoisotopic (exact) mass is 554 g/mol. The van der Waals surface area contributed by atoms with E-state index in [-0.39, 0.29) is 42.6 Å².